The summed E-state index contributed by atoms with van der Waals surface area (Å²) < 4.78 is 27.1. The van der Waals surface area contributed by atoms with Gasteiger partial charge in [0.25, 0.3) is 0 Å². The van der Waals surface area contributed by atoms with Crippen LogP contribution in [0.1, 0.15) is 24.5 Å². The number of nitrogens with zero attached hydrogens (tertiary/aromatic N) is 1. The monoisotopic (exact) mass is 282 g/mol. The molecule has 0 aromatic heterocycles. The molecule has 1 fully saturated rings. The summed E-state index contributed by atoms with van der Waals surface area (Å²) >= 11 is 0. The topological polar surface area (TPSA) is 49.4 Å². The summed E-state index contributed by atoms with van der Waals surface area (Å²) in [5.41, 5.74) is 2.13. The Hall–Kier alpha value is -0.910. The third kappa shape index (κ3) is 2.83. The molecule has 0 unspecified atom stereocenters. The number of nitrogens with one attached hydrogen (secondary N) is 1. The zero-order chi connectivity index (χ0) is 14.0. The summed E-state index contributed by atoms with van der Waals surface area (Å²) in [6.07, 6.45) is 0.834. The van der Waals surface area contributed by atoms with E-state index < -0.39 is 10.0 Å². The lowest BCUT2D eigenvalue weighted by molar-refractivity contribution is 0.242. The predicted octanol–water partition coefficient (Wildman–Crippen LogP) is 1.68. The van der Waals surface area contributed by atoms with Crippen LogP contribution in [0.5, 0.6) is 0 Å². The lowest BCUT2D eigenvalue weighted by Gasteiger charge is -2.37. The third-order valence-corrected chi connectivity index (χ3v) is 5.64. The Balaban J connectivity index is 2.35. The summed E-state index contributed by atoms with van der Waals surface area (Å²) in [4.78, 5) is 0.413. The molecule has 1 aliphatic rings. The second-order valence-corrected chi connectivity index (χ2v) is 7.06. The molecule has 0 aliphatic carbocycles. The van der Waals surface area contributed by atoms with Crippen molar-refractivity contribution >= 4 is 10.0 Å². The molecule has 4 nitrogen and oxygen atoms in total. The van der Waals surface area contributed by atoms with Crippen LogP contribution in [0.15, 0.2) is 23.1 Å². The SMILES string of the molecule is CCCN(C1CNC1)S(=O)(=O)c1ccc(C)c(C)c1. The van der Waals surface area contributed by atoms with Crippen LogP contribution in [0, 0.1) is 13.8 Å². The number of aryl methyl sites for hydroxylation is 2. The van der Waals surface area contributed by atoms with Crippen molar-refractivity contribution in [2.75, 3.05) is 19.6 Å². The Bertz CT molecular complexity index is 551. The van der Waals surface area contributed by atoms with Gasteiger partial charge in [-0.2, -0.15) is 4.31 Å². The van der Waals surface area contributed by atoms with Crippen molar-refractivity contribution in [2.24, 2.45) is 0 Å². The van der Waals surface area contributed by atoms with Gasteiger partial charge < -0.3 is 5.32 Å². The second-order valence-electron chi connectivity index (χ2n) is 5.17. The van der Waals surface area contributed by atoms with Crippen molar-refractivity contribution < 1.29 is 8.42 Å². The van der Waals surface area contributed by atoms with E-state index >= 15 is 0 Å². The second kappa shape index (κ2) is 5.61. The minimum absolute atomic E-state index is 0.103. The maximum absolute atomic E-state index is 12.7. The molecule has 5 heteroatoms. The smallest absolute Gasteiger partial charge is 0.243 e. The van der Waals surface area contributed by atoms with E-state index in [4.69, 9.17) is 0 Å². The fraction of sp³-hybridized carbons (Fsp3) is 0.571. The minimum Gasteiger partial charge on any atom is -0.313 e. The fourth-order valence-corrected chi connectivity index (χ4v) is 4.01. The van der Waals surface area contributed by atoms with Gasteiger partial charge in [-0.1, -0.05) is 13.0 Å². The first-order chi connectivity index (χ1) is 8.96. The molecule has 1 heterocycles. The summed E-state index contributed by atoms with van der Waals surface area (Å²) in [6, 6.07) is 5.48. The third-order valence-electron chi connectivity index (χ3n) is 3.70. The minimum atomic E-state index is -3.37. The molecular formula is C14H22N2O2S. The highest BCUT2D eigenvalue weighted by molar-refractivity contribution is 7.89. The molecule has 0 atom stereocenters. The average Bonchev–Trinajstić information content (AvgIpc) is 2.29. The normalized spacial score (nSPS) is 16.6. The Labute approximate surface area is 115 Å². The van der Waals surface area contributed by atoms with Gasteiger partial charge in [-0.05, 0) is 43.5 Å². The van der Waals surface area contributed by atoms with Crippen molar-refractivity contribution in [3.63, 3.8) is 0 Å². The Morgan fingerprint density at radius 2 is 1.95 bits per heavy atom. The van der Waals surface area contributed by atoms with E-state index in [2.05, 4.69) is 5.32 Å². The van der Waals surface area contributed by atoms with Gasteiger partial charge >= 0.3 is 0 Å². The molecule has 0 saturated carbocycles. The number of rotatable bonds is 5. The Kier molecular flexibility index (Phi) is 4.28. The molecule has 2 rings (SSSR count). The van der Waals surface area contributed by atoms with Crippen LogP contribution in [-0.2, 0) is 10.0 Å². The van der Waals surface area contributed by atoms with Crippen LogP contribution < -0.4 is 5.32 Å². The van der Waals surface area contributed by atoms with E-state index in [1.165, 1.54) is 0 Å². The van der Waals surface area contributed by atoms with Crippen molar-refractivity contribution in [2.45, 2.75) is 38.1 Å². The van der Waals surface area contributed by atoms with Crippen LogP contribution in [0.25, 0.3) is 0 Å². The maximum Gasteiger partial charge on any atom is 0.243 e. The molecule has 0 amide bonds. The van der Waals surface area contributed by atoms with Crippen molar-refractivity contribution in [3.05, 3.63) is 29.3 Å². The predicted molar refractivity (Wildman–Crippen MR) is 76.8 cm³/mol. The van der Waals surface area contributed by atoms with E-state index in [9.17, 15) is 8.42 Å². The van der Waals surface area contributed by atoms with E-state index in [1.807, 2.05) is 26.8 Å². The molecule has 0 radical (unpaired) electrons. The zero-order valence-electron chi connectivity index (χ0n) is 11.8. The number of benzene rings is 1. The van der Waals surface area contributed by atoms with Crippen LogP contribution in [0.4, 0.5) is 0 Å². The van der Waals surface area contributed by atoms with Gasteiger partial charge in [0.2, 0.25) is 10.0 Å². The van der Waals surface area contributed by atoms with E-state index in [0.717, 1.165) is 30.6 Å². The van der Waals surface area contributed by atoms with Gasteiger partial charge in [0.1, 0.15) is 0 Å². The highest BCUT2D eigenvalue weighted by Crippen LogP contribution is 2.22. The van der Waals surface area contributed by atoms with Crippen LogP contribution in [-0.4, -0.2) is 38.4 Å². The fourth-order valence-electron chi connectivity index (χ4n) is 2.21. The number of hydrogen-bond acceptors (Lipinski definition) is 3. The average molecular weight is 282 g/mol. The number of sulfonamides is 1. The molecule has 0 spiro atoms. The first-order valence-electron chi connectivity index (χ1n) is 6.76. The largest absolute Gasteiger partial charge is 0.313 e. The summed E-state index contributed by atoms with van der Waals surface area (Å²) in [5.74, 6) is 0. The molecule has 1 aromatic carbocycles. The van der Waals surface area contributed by atoms with Crippen molar-refractivity contribution in [1.82, 2.24) is 9.62 Å². The molecule has 0 bridgehead atoms. The van der Waals surface area contributed by atoms with Crippen molar-refractivity contribution in [1.29, 1.82) is 0 Å². The van der Waals surface area contributed by atoms with Gasteiger partial charge in [-0.25, -0.2) is 8.42 Å². The molecule has 1 aliphatic heterocycles. The van der Waals surface area contributed by atoms with E-state index in [0.29, 0.717) is 11.4 Å². The summed E-state index contributed by atoms with van der Waals surface area (Å²) in [7, 11) is -3.37. The van der Waals surface area contributed by atoms with Crippen LogP contribution in [0.2, 0.25) is 0 Å². The molecular weight excluding hydrogens is 260 g/mol. The highest BCUT2D eigenvalue weighted by Gasteiger charge is 2.34. The van der Waals surface area contributed by atoms with Gasteiger partial charge in [0, 0.05) is 19.6 Å². The Morgan fingerprint density at radius 1 is 1.26 bits per heavy atom. The zero-order valence-corrected chi connectivity index (χ0v) is 12.6. The molecule has 106 valence electrons. The Morgan fingerprint density at radius 3 is 2.42 bits per heavy atom. The lowest BCUT2D eigenvalue weighted by atomic mass is 10.1. The first-order valence-corrected chi connectivity index (χ1v) is 8.20. The first kappa shape index (κ1) is 14.5. The van der Waals surface area contributed by atoms with Crippen LogP contribution >= 0.6 is 0 Å². The van der Waals surface area contributed by atoms with Gasteiger partial charge in [-0.15, -0.1) is 0 Å². The highest BCUT2D eigenvalue weighted by atomic mass is 32.2. The quantitative estimate of drug-likeness (QED) is 0.894. The van der Waals surface area contributed by atoms with Gasteiger partial charge in [-0.3, -0.25) is 0 Å². The molecule has 1 saturated heterocycles. The maximum atomic E-state index is 12.7. The van der Waals surface area contributed by atoms with Gasteiger partial charge in [0.15, 0.2) is 0 Å². The molecule has 1 aromatic rings. The molecule has 19 heavy (non-hydrogen) atoms. The molecule has 1 N–H and O–H groups in total. The number of hydrogen-bond donors (Lipinski definition) is 1. The summed E-state index contributed by atoms with van der Waals surface area (Å²) in [6.45, 7) is 8.04. The van der Waals surface area contributed by atoms with E-state index in [1.54, 1.807) is 16.4 Å². The van der Waals surface area contributed by atoms with Crippen molar-refractivity contribution in [3.8, 4) is 0 Å². The van der Waals surface area contributed by atoms with E-state index in [-0.39, 0.29) is 6.04 Å². The lowest BCUT2D eigenvalue weighted by Crippen LogP contribution is -2.58. The standard InChI is InChI=1S/C14H22N2O2S/c1-4-7-16(13-9-15-10-13)19(17,18)14-6-5-11(2)12(3)8-14/h5-6,8,13,15H,4,7,9-10H2,1-3H3. The van der Waals surface area contributed by atoms with Crippen LogP contribution in [0.3, 0.4) is 0 Å². The van der Waals surface area contributed by atoms with Gasteiger partial charge in [0.05, 0.1) is 10.9 Å². The summed E-state index contributed by atoms with van der Waals surface area (Å²) in [5, 5.41) is 3.14.